The third kappa shape index (κ3) is 4.56. The van der Waals surface area contributed by atoms with Crippen LogP contribution >= 0.6 is 27.5 Å². The standard InChI is InChI=1S/C18H15BrClF3N2O2/c19-14-4-6-16(12-8-10(26)2-3-11(12)14)25-17(27)24-9-1-5-15(20)13(7-9)18(21,22)23/h1,4-7,10,26H,2-3,8H2,(H2,24,25,27). The van der Waals surface area contributed by atoms with Gasteiger partial charge in [0.05, 0.1) is 16.7 Å². The van der Waals surface area contributed by atoms with Gasteiger partial charge in [0.2, 0.25) is 0 Å². The number of alkyl halides is 3. The largest absolute Gasteiger partial charge is 0.417 e. The number of halogens is 5. The van der Waals surface area contributed by atoms with Crippen LogP contribution in [0.25, 0.3) is 0 Å². The molecule has 0 saturated carbocycles. The van der Waals surface area contributed by atoms with Crippen molar-refractivity contribution in [3.8, 4) is 0 Å². The Morgan fingerprint density at radius 2 is 1.93 bits per heavy atom. The zero-order valence-electron chi connectivity index (χ0n) is 13.8. The summed E-state index contributed by atoms with van der Waals surface area (Å²) in [5.41, 5.74) is 1.27. The second kappa shape index (κ2) is 7.69. The van der Waals surface area contributed by atoms with Crippen molar-refractivity contribution in [3.63, 3.8) is 0 Å². The van der Waals surface area contributed by atoms with Gasteiger partial charge in [0.1, 0.15) is 0 Å². The van der Waals surface area contributed by atoms with Gasteiger partial charge in [0.15, 0.2) is 0 Å². The topological polar surface area (TPSA) is 61.4 Å². The van der Waals surface area contributed by atoms with E-state index in [0.717, 1.165) is 27.7 Å². The van der Waals surface area contributed by atoms with Crippen molar-refractivity contribution in [3.05, 3.63) is 56.5 Å². The first-order valence-corrected chi connectivity index (χ1v) is 9.25. The maximum atomic E-state index is 12.9. The maximum absolute atomic E-state index is 12.9. The Balaban J connectivity index is 1.80. The maximum Gasteiger partial charge on any atom is 0.417 e. The zero-order valence-corrected chi connectivity index (χ0v) is 16.2. The Morgan fingerprint density at radius 1 is 1.19 bits per heavy atom. The summed E-state index contributed by atoms with van der Waals surface area (Å²) in [5.74, 6) is 0. The van der Waals surface area contributed by atoms with Crippen molar-refractivity contribution in [2.75, 3.05) is 10.6 Å². The number of hydrogen-bond acceptors (Lipinski definition) is 2. The zero-order chi connectivity index (χ0) is 19.8. The molecule has 0 saturated heterocycles. The van der Waals surface area contributed by atoms with Crippen molar-refractivity contribution < 1.29 is 23.1 Å². The van der Waals surface area contributed by atoms with E-state index in [9.17, 15) is 23.1 Å². The van der Waals surface area contributed by atoms with Crippen LogP contribution < -0.4 is 10.6 Å². The lowest BCUT2D eigenvalue weighted by atomic mass is 9.88. The summed E-state index contributed by atoms with van der Waals surface area (Å²) >= 11 is 9.04. The summed E-state index contributed by atoms with van der Waals surface area (Å²) in [5, 5.41) is 14.5. The molecular formula is C18H15BrClF3N2O2. The predicted octanol–water partition coefficient (Wildman–Crippen LogP) is 5.61. The number of aliphatic hydroxyl groups is 1. The highest BCUT2D eigenvalue weighted by Crippen LogP contribution is 2.36. The van der Waals surface area contributed by atoms with Crippen LogP contribution in [0.2, 0.25) is 5.02 Å². The Hall–Kier alpha value is -1.77. The lowest BCUT2D eigenvalue weighted by Gasteiger charge is -2.24. The third-order valence-corrected chi connectivity index (χ3v) is 5.39. The SMILES string of the molecule is O=C(Nc1ccc(Cl)c(C(F)(F)F)c1)Nc1ccc(Br)c2c1CC(O)CC2. The number of carbonyl (C=O) groups is 1. The van der Waals surface area contributed by atoms with Gasteiger partial charge in [0.25, 0.3) is 0 Å². The molecule has 0 heterocycles. The fraction of sp³-hybridized carbons (Fsp3) is 0.278. The minimum Gasteiger partial charge on any atom is -0.393 e. The van der Waals surface area contributed by atoms with Gasteiger partial charge in [-0.15, -0.1) is 0 Å². The van der Waals surface area contributed by atoms with Crippen LogP contribution in [0.1, 0.15) is 23.1 Å². The van der Waals surface area contributed by atoms with Crippen LogP contribution in [-0.2, 0) is 19.0 Å². The number of nitrogens with one attached hydrogen (secondary N) is 2. The van der Waals surface area contributed by atoms with Crippen LogP contribution in [0.3, 0.4) is 0 Å². The molecule has 0 fully saturated rings. The normalized spacial score (nSPS) is 16.6. The predicted molar refractivity (Wildman–Crippen MR) is 101 cm³/mol. The van der Waals surface area contributed by atoms with E-state index in [1.165, 1.54) is 6.07 Å². The first kappa shape index (κ1) is 20.0. The Bertz CT molecular complexity index is 890. The second-order valence-electron chi connectivity index (χ2n) is 6.22. The monoisotopic (exact) mass is 462 g/mol. The van der Waals surface area contributed by atoms with Crippen molar-refractivity contribution >= 4 is 44.9 Å². The third-order valence-electron chi connectivity index (χ3n) is 4.32. The average molecular weight is 464 g/mol. The number of fused-ring (bicyclic) bond motifs is 1. The van der Waals surface area contributed by atoms with Crippen LogP contribution in [0, 0.1) is 0 Å². The van der Waals surface area contributed by atoms with E-state index in [2.05, 4.69) is 26.6 Å². The van der Waals surface area contributed by atoms with Crippen molar-refractivity contribution in [2.24, 2.45) is 0 Å². The molecule has 3 N–H and O–H groups in total. The molecule has 3 rings (SSSR count). The lowest BCUT2D eigenvalue weighted by Crippen LogP contribution is -2.24. The van der Waals surface area contributed by atoms with E-state index in [4.69, 9.17) is 11.6 Å². The van der Waals surface area contributed by atoms with Crippen molar-refractivity contribution in [1.82, 2.24) is 0 Å². The molecule has 0 aromatic heterocycles. The summed E-state index contributed by atoms with van der Waals surface area (Å²) in [4.78, 5) is 12.3. The summed E-state index contributed by atoms with van der Waals surface area (Å²) in [6.45, 7) is 0. The molecule has 144 valence electrons. The first-order chi connectivity index (χ1) is 12.6. The van der Waals surface area contributed by atoms with E-state index in [1.54, 1.807) is 12.1 Å². The molecular weight excluding hydrogens is 449 g/mol. The minimum atomic E-state index is -4.62. The number of benzene rings is 2. The van der Waals surface area contributed by atoms with Gasteiger partial charge in [-0.3, -0.25) is 0 Å². The number of urea groups is 1. The number of rotatable bonds is 2. The molecule has 9 heteroatoms. The molecule has 2 aromatic carbocycles. The molecule has 0 radical (unpaired) electrons. The summed E-state index contributed by atoms with van der Waals surface area (Å²) in [6, 6.07) is 5.94. The number of aliphatic hydroxyl groups excluding tert-OH is 1. The molecule has 1 atom stereocenters. The molecule has 1 unspecified atom stereocenters. The number of hydrogen-bond donors (Lipinski definition) is 3. The van der Waals surface area contributed by atoms with Crippen molar-refractivity contribution in [1.29, 1.82) is 0 Å². The van der Waals surface area contributed by atoms with E-state index < -0.39 is 28.9 Å². The van der Waals surface area contributed by atoms with Crippen LogP contribution in [-0.4, -0.2) is 17.2 Å². The van der Waals surface area contributed by atoms with Gasteiger partial charge in [-0.25, -0.2) is 4.79 Å². The molecule has 0 aliphatic heterocycles. The lowest BCUT2D eigenvalue weighted by molar-refractivity contribution is -0.137. The quantitative estimate of drug-likeness (QED) is 0.542. The molecule has 2 amide bonds. The van der Waals surface area contributed by atoms with E-state index in [0.29, 0.717) is 24.9 Å². The molecule has 0 bridgehead atoms. The van der Waals surface area contributed by atoms with Gasteiger partial charge in [-0.05, 0) is 54.3 Å². The van der Waals surface area contributed by atoms with Gasteiger partial charge in [-0.2, -0.15) is 13.2 Å². The summed E-state index contributed by atoms with van der Waals surface area (Å²) < 4.78 is 39.7. The Labute approximate surface area is 166 Å². The fourth-order valence-corrected chi connectivity index (χ4v) is 3.83. The smallest absolute Gasteiger partial charge is 0.393 e. The average Bonchev–Trinajstić information content (AvgIpc) is 2.58. The fourth-order valence-electron chi connectivity index (χ4n) is 3.04. The van der Waals surface area contributed by atoms with E-state index >= 15 is 0 Å². The highest BCUT2D eigenvalue weighted by atomic mass is 79.9. The molecule has 4 nitrogen and oxygen atoms in total. The Morgan fingerprint density at radius 3 is 2.63 bits per heavy atom. The molecule has 0 spiro atoms. The second-order valence-corrected chi connectivity index (χ2v) is 7.48. The molecule has 1 aliphatic rings. The van der Waals surface area contributed by atoms with Crippen LogP contribution in [0.15, 0.2) is 34.8 Å². The van der Waals surface area contributed by atoms with Crippen molar-refractivity contribution in [2.45, 2.75) is 31.5 Å². The van der Waals surface area contributed by atoms with Gasteiger partial charge >= 0.3 is 12.2 Å². The van der Waals surface area contributed by atoms with E-state index in [-0.39, 0.29) is 5.69 Å². The van der Waals surface area contributed by atoms with Gasteiger partial charge in [0, 0.05) is 22.3 Å². The van der Waals surface area contributed by atoms with Crippen LogP contribution in [0.4, 0.5) is 29.3 Å². The highest BCUT2D eigenvalue weighted by molar-refractivity contribution is 9.10. The minimum absolute atomic E-state index is 0.0322. The van der Waals surface area contributed by atoms with Crippen LogP contribution in [0.5, 0.6) is 0 Å². The highest BCUT2D eigenvalue weighted by Gasteiger charge is 2.33. The first-order valence-electron chi connectivity index (χ1n) is 8.08. The summed E-state index contributed by atoms with van der Waals surface area (Å²) in [7, 11) is 0. The number of amides is 2. The molecule has 1 aliphatic carbocycles. The number of anilines is 2. The van der Waals surface area contributed by atoms with Gasteiger partial charge < -0.3 is 15.7 Å². The number of carbonyl (C=O) groups excluding carboxylic acids is 1. The van der Waals surface area contributed by atoms with Gasteiger partial charge in [-0.1, -0.05) is 27.5 Å². The molecule has 27 heavy (non-hydrogen) atoms. The molecule has 2 aromatic rings. The Kier molecular flexibility index (Phi) is 5.69. The van der Waals surface area contributed by atoms with E-state index in [1.807, 2.05) is 0 Å². The summed E-state index contributed by atoms with van der Waals surface area (Å²) in [6.07, 6.45) is -3.43.